The van der Waals surface area contributed by atoms with Crippen molar-refractivity contribution in [3.8, 4) is 0 Å². The van der Waals surface area contributed by atoms with E-state index in [1.807, 2.05) is 31.2 Å². The molecule has 0 unspecified atom stereocenters. The van der Waals surface area contributed by atoms with Crippen molar-refractivity contribution in [3.63, 3.8) is 0 Å². The van der Waals surface area contributed by atoms with Crippen LogP contribution in [0.5, 0.6) is 0 Å². The maximum absolute atomic E-state index is 12.4. The molecule has 2 aromatic rings. The van der Waals surface area contributed by atoms with E-state index in [0.29, 0.717) is 24.0 Å². The lowest BCUT2D eigenvalue weighted by Gasteiger charge is -2.26. The van der Waals surface area contributed by atoms with Gasteiger partial charge in [-0.25, -0.2) is 14.8 Å². The first-order valence-corrected chi connectivity index (χ1v) is 8.91. The van der Waals surface area contributed by atoms with Crippen LogP contribution in [0.15, 0.2) is 24.3 Å². The van der Waals surface area contributed by atoms with Crippen molar-refractivity contribution in [2.24, 2.45) is 5.92 Å². The Kier molecular flexibility index (Phi) is 5.28. The Labute approximate surface area is 143 Å². The molecule has 0 atom stereocenters. The molecule has 0 N–H and O–H groups in total. The van der Waals surface area contributed by atoms with Gasteiger partial charge >= 0.3 is 5.97 Å². The van der Waals surface area contributed by atoms with Gasteiger partial charge in [0.05, 0.1) is 17.6 Å². The van der Waals surface area contributed by atoms with E-state index in [0.717, 1.165) is 24.1 Å². The number of rotatable bonds is 6. The zero-order valence-corrected chi connectivity index (χ0v) is 14.5. The van der Waals surface area contributed by atoms with Crippen LogP contribution in [-0.4, -0.2) is 35.6 Å². The molecule has 1 aromatic carbocycles. The summed E-state index contributed by atoms with van der Waals surface area (Å²) in [5, 5.41) is 0. The summed E-state index contributed by atoms with van der Waals surface area (Å²) in [4.78, 5) is 23.9. The van der Waals surface area contributed by atoms with Crippen molar-refractivity contribution in [1.82, 2.24) is 9.97 Å². The molecule has 24 heavy (non-hydrogen) atoms. The van der Waals surface area contributed by atoms with E-state index < -0.39 is 5.97 Å². The second kappa shape index (κ2) is 7.60. The van der Waals surface area contributed by atoms with Gasteiger partial charge in [0.1, 0.15) is 0 Å². The van der Waals surface area contributed by atoms with Crippen LogP contribution in [0.1, 0.15) is 50.0 Å². The van der Waals surface area contributed by atoms with Gasteiger partial charge in [-0.2, -0.15) is 0 Å². The molecule has 0 radical (unpaired) electrons. The summed E-state index contributed by atoms with van der Waals surface area (Å²) in [6.45, 7) is 5.97. The van der Waals surface area contributed by atoms with E-state index >= 15 is 0 Å². The lowest BCUT2D eigenvalue weighted by Crippen LogP contribution is -2.31. The zero-order chi connectivity index (χ0) is 16.9. The van der Waals surface area contributed by atoms with Crippen LogP contribution in [0.25, 0.3) is 11.0 Å². The first-order chi connectivity index (χ1) is 11.7. The quantitative estimate of drug-likeness (QED) is 0.755. The number of carbonyl (C=O) groups excluding carboxylic acids is 1. The summed E-state index contributed by atoms with van der Waals surface area (Å²) < 4.78 is 5.21. The van der Waals surface area contributed by atoms with Gasteiger partial charge in [-0.15, -0.1) is 0 Å². The molecule has 0 bridgehead atoms. The van der Waals surface area contributed by atoms with Crippen LogP contribution in [0.4, 0.5) is 5.82 Å². The highest BCUT2D eigenvalue weighted by molar-refractivity contribution is 5.95. The van der Waals surface area contributed by atoms with Crippen LogP contribution < -0.4 is 4.90 Å². The van der Waals surface area contributed by atoms with Crippen LogP contribution in [0.3, 0.4) is 0 Å². The third kappa shape index (κ3) is 3.50. The molecule has 3 rings (SSSR count). The summed E-state index contributed by atoms with van der Waals surface area (Å²) in [6, 6.07) is 7.66. The van der Waals surface area contributed by atoms with Crippen molar-refractivity contribution in [2.75, 3.05) is 24.6 Å². The number of benzene rings is 1. The molecule has 0 saturated heterocycles. The van der Waals surface area contributed by atoms with E-state index in [4.69, 9.17) is 9.72 Å². The topological polar surface area (TPSA) is 55.3 Å². The molecule has 0 spiro atoms. The molecule has 1 fully saturated rings. The summed E-state index contributed by atoms with van der Waals surface area (Å²) in [5.74, 6) is 0.936. The highest BCUT2D eigenvalue weighted by Gasteiger charge is 2.25. The average Bonchev–Trinajstić information content (AvgIpc) is 3.12. The summed E-state index contributed by atoms with van der Waals surface area (Å²) >= 11 is 0. The molecule has 1 aliphatic carbocycles. The minimum atomic E-state index is -0.393. The number of anilines is 1. The maximum atomic E-state index is 12.4. The molecule has 1 aromatic heterocycles. The maximum Gasteiger partial charge on any atom is 0.360 e. The standard InChI is InChI=1S/C19H25N3O2/c1-3-22(13-14-9-5-6-10-14)18-17(19(23)24-4-2)20-15-11-7-8-12-16(15)21-18/h7-8,11-12,14H,3-6,9-10,13H2,1-2H3. The molecular weight excluding hydrogens is 302 g/mol. The number of nitrogens with zero attached hydrogens (tertiary/aromatic N) is 3. The van der Waals surface area contributed by atoms with E-state index in [2.05, 4.69) is 16.8 Å². The number of fused-ring (bicyclic) bond motifs is 1. The van der Waals surface area contributed by atoms with Crippen molar-refractivity contribution < 1.29 is 9.53 Å². The van der Waals surface area contributed by atoms with Gasteiger partial charge < -0.3 is 9.64 Å². The zero-order valence-electron chi connectivity index (χ0n) is 14.5. The minimum absolute atomic E-state index is 0.329. The number of hydrogen-bond acceptors (Lipinski definition) is 5. The third-order valence-electron chi connectivity index (χ3n) is 4.66. The second-order valence-electron chi connectivity index (χ2n) is 6.29. The van der Waals surface area contributed by atoms with E-state index in [9.17, 15) is 4.79 Å². The molecule has 0 aliphatic heterocycles. The lowest BCUT2D eigenvalue weighted by molar-refractivity contribution is 0.0520. The third-order valence-corrected chi connectivity index (χ3v) is 4.66. The molecule has 5 heteroatoms. The van der Waals surface area contributed by atoms with Gasteiger partial charge in [0.2, 0.25) is 0 Å². The fraction of sp³-hybridized carbons (Fsp3) is 0.526. The number of aromatic nitrogens is 2. The van der Waals surface area contributed by atoms with Crippen LogP contribution in [0, 0.1) is 5.92 Å². The predicted molar refractivity (Wildman–Crippen MR) is 95.3 cm³/mol. The summed E-state index contributed by atoms with van der Waals surface area (Å²) in [7, 11) is 0. The molecule has 0 amide bonds. The summed E-state index contributed by atoms with van der Waals surface area (Å²) in [6.07, 6.45) is 5.12. The monoisotopic (exact) mass is 327 g/mol. The van der Waals surface area contributed by atoms with Crippen molar-refractivity contribution in [1.29, 1.82) is 0 Å². The first-order valence-electron chi connectivity index (χ1n) is 8.91. The Morgan fingerprint density at radius 3 is 2.46 bits per heavy atom. The number of para-hydroxylation sites is 2. The Hall–Kier alpha value is -2.17. The highest BCUT2D eigenvalue weighted by Crippen LogP contribution is 2.28. The number of carbonyl (C=O) groups is 1. The number of ether oxygens (including phenoxy) is 1. The Morgan fingerprint density at radius 1 is 1.17 bits per heavy atom. The van der Waals surface area contributed by atoms with Gasteiger partial charge in [0.15, 0.2) is 11.5 Å². The number of esters is 1. The van der Waals surface area contributed by atoms with Crippen molar-refractivity contribution >= 4 is 22.8 Å². The number of hydrogen-bond donors (Lipinski definition) is 0. The molecular formula is C19H25N3O2. The SMILES string of the molecule is CCOC(=O)c1nc2ccccc2nc1N(CC)CC1CCCC1. The largest absolute Gasteiger partial charge is 0.461 e. The Balaban J connectivity index is 2.01. The fourth-order valence-electron chi connectivity index (χ4n) is 3.42. The molecule has 1 aliphatic rings. The van der Waals surface area contributed by atoms with Crippen molar-refractivity contribution in [2.45, 2.75) is 39.5 Å². The summed E-state index contributed by atoms with van der Waals surface area (Å²) in [5.41, 5.74) is 1.86. The Bertz CT molecular complexity index is 711. The smallest absolute Gasteiger partial charge is 0.360 e. The molecule has 5 nitrogen and oxygen atoms in total. The van der Waals surface area contributed by atoms with Crippen molar-refractivity contribution in [3.05, 3.63) is 30.0 Å². The van der Waals surface area contributed by atoms with Crippen LogP contribution >= 0.6 is 0 Å². The van der Waals surface area contributed by atoms with E-state index in [-0.39, 0.29) is 0 Å². The minimum Gasteiger partial charge on any atom is -0.461 e. The highest BCUT2D eigenvalue weighted by atomic mass is 16.5. The van der Waals surface area contributed by atoms with Gasteiger partial charge in [-0.05, 0) is 44.7 Å². The van der Waals surface area contributed by atoms with E-state index in [1.54, 1.807) is 0 Å². The fourth-order valence-corrected chi connectivity index (χ4v) is 3.42. The van der Waals surface area contributed by atoms with Gasteiger partial charge in [-0.3, -0.25) is 0 Å². The molecule has 1 heterocycles. The van der Waals surface area contributed by atoms with E-state index in [1.165, 1.54) is 25.7 Å². The van der Waals surface area contributed by atoms with Crippen LogP contribution in [0.2, 0.25) is 0 Å². The predicted octanol–water partition coefficient (Wildman–Crippen LogP) is 3.82. The van der Waals surface area contributed by atoms with Gasteiger partial charge in [0, 0.05) is 13.1 Å². The lowest BCUT2D eigenvalue weighted by atomic mass is 10.1. The normalized spacial score (nSPS) is 14.9. The molecule has 1 saturated carbocycles. The first kappa shape index (κ1) is 16.7. The van der Waals surface area contributed by atoms with Crippen LogP contribution in [-0.2, 0) is 4.74 Å². The molecule has 128 valence electrons. The van der Waals surface area contributed by atoms with Gasteiger partial charge in [-0.1, -0.05) is 25.0 Å². The second-order valence-corrected chi connectivity index (χ2v) is 6.29. The van der Waals surface area contributed by atoms with Gasteiger partial charge in [0.25, 0.3) is 0 Å². The Morgan fingerprint density at radius 2 is 1.83 bits per heavy atom. The average molecular weight is 327 g/mol.